The van der Waals surface area contributed by atoms with Crippen LogP contribution in [-0.4, -0.2) is 25.8 Å². The maximum Gasteiger partial charge on any atom is 0.303 e. The van der Waals surface area contributed by atoms with Crippen LogP contribution in [-0.2, 0) is 11.2 Å². The molecule has 162 valence electrons. The molecule has 5 nitrogen and oxygen atoms in total. The van der Waals surface area contributed by atoms with Crippen molar-refractivity contribution >= 4 is 27.8 Å². The molecule has 0 atom stereocenters. The monoisotopic (exact) mass is 417 g/mol. The number of carboxylic acids is 1. The fourth-order valence-corrected chi connectivity index (χ4v) is 3.55. The summed E-state index contributed by atoms with van der Waals surface area (Å²) < 4.78 is 48.4. The van der Waals surface area contributed by atoms with Crippen molar-refractivity contribution in [1.29, 1.82) is 0 Å². The van der Waals surface area contributed by atoms with Crippen LogP contribution in [0.15, 0.2) is 42.5 Å². The maximum atomic E-state index is 14.2. The standard InChI is InChI=1S/C21H20FN3O2.3CH4/c1-12(2)21-16(7-8-20(26)27)17-10-18-13(11-23-24-18)9-19(17)25(21)15-5-3-14(22)4-6-15;;;/h3-6,9-12H,7-8H2,1-2H3,(H,23,24)(H,26,27);3*1H4/i3D,4D,5D,6D;;;. The first-order valence-electron chi connectivity index (χ1n) is 10.6. The number of aromatic nitrogens is 3. The van der Waals surface area contributed by atoms with Gasteiger partial charge >= 0.3 is 5.97 Å². The van der Waals surface area contributed by atoms with Gasteiger partial charge in [-0.1, -0.05) is 36.1 Å². The van der Waals surface area contributed by atoms with E-state index < -0.39 is 36.0 Å². The van der Waals surface area contributed by atoms with Crippen LogP contribution >= 0.6 is 0 Å². The number of carbonyl (C=O) groups is 1. The number of carboxylic acid groups (broad SMARTS) is 1. The molecule has 2 heterocycles. The van der Waals surface area contributed by atoms with Crippen molar-refractivity contribution in [3.05, 3.63) is 59.6 Å². The Hall–Kier alpha value is -3.15. The Kier molecular flexibility index (Phi) is 6.01. The van der Waals surface area contributed by atoms with Crippen molar-refractivity contribution in [1.82, 2.24) is 14.8 Å². The van der Waals surface area contributed by atoms with Crippen LogP contribution in [0.4, 0.5) is 4.39 Å². The zero-order chi connectivity index (χ0) is 22.6. The van der Waals surface area contributed by atoms with Gasteiger partial charge in [0.25, 0.3) is 0 Å². The molecular weight excluding hydrogens is 381 g/mol. The normalized spacial score (nSPS) is 12.4. The molecule has 0 aliphatic carbocycles. The van der Waals surface area contributed by atoms with Gasteiger partial charge in [-0.3, -0.25) is 9.89 Å². The van der Waals surface area contributed by atoms with E-state index in [1.54, 1.807) is 16.8 Å². The first-order chi connectivity index (χ1) is 14.6. The van der Waals surface area contributed by atoms with Gasteiger partial charge in [0.2, 0.25) is 0 Å². The number of aryl methyl sites for hydroxylation is 1. The molecule has 0 spiro atoms. The van der Waals surface area contributed by atoms with E-state index >= 15 is 0 Å². The van der Waals surface area contributed by atoms with Crippen LogP contribution in [0.3, 0.4) is 0 Å². The molecular formula is C24H32FN3O2. The van der Waals surface area contributed by atoms with Crippen LogP contribution in [0.2, 0.25) is 0 Å². The summed E-state index contributed by atoms with van der Waals surface area (Å²) in [5.41, 5.74) is 2.68. The summed E-state index contributed by atoms with van der Waals surface area (Å²) in [5.74, 6) is -2.30. The highest BCUT2D eigenvalue weighted by molar-refractivity contribution is 5.98. The molecule has 6 heteroatoms. The van der Waals surface area contributed by atoms with Crippen molar-refractivity contribution in [2.75, 3.05) is 0 Å². The summed E-state index contributed by atoms with van der Waals surface area (Å²) >= 11 is 0. The predicted octanol–water partition coefficient (Wildman–Crippen LogP) is 6.69. The zero-order valence-electron chi connectivity index (χ0n) is 18.9. The molecule has 0 amide bonds. The van der Waals surface area contributed by atoms with Gasteiger partial charge in [0.1, 0.15) is 5.82 Å². The summed E-state index contributed by atoms with van der Waals surface area (Å²) in [6.07, 6.45) is 1.73. The third kappa shape index (κ3) is 4.22. The van der Waals surface area contributed by atoms with Gasteiger partial charge in [-0.05, 0) is 54.2 Å². The number of hydrogen-bond donors (Lipinski definition) is 2. The topological polar surface area (TPSA) is 70.9 Å². The Labute approximate surface area is 183 Å². The number of fused-ring (bicyclic) bond motifs is 2. The molecule has 30 heavy (non-hydrogen) atoms. The van der Waals surface area contributed by atoms with Gasteiger partial charge in [-0.25, -0.2) is 4.39 Å². The SMILES string of the molecule is C.C.C.[2H]c1c([2H])c(-n2c(C(C)C)c(CCC(=O)O)c3cc4[nH]ncc4cc32)c([2H])c([2H])c1F. The fraction of sp³-hybridized carbons (Fsp3) is 0.333. The summed E-state index contributed by atoms with van der Waals surface area (Å²) in [6, 6.07) is 1.17. The minimum Gasteiger partial charge on any atom is -0.481 e. The lowest BCUT2D eigenvalue weighted by molar-refractivity contribution is -0.136. The molecule has 0 aliphatic rings. The Morgan fingerprint density at radius 2 is 1.90 bits per heavy atom. The summed E-state index contributed by atoms with van der Waals surface area (Å²) in [6.45, 7) is 3.81. The van der Waals surface area contributed by atoms with Gasteiger partial charge in [0.15, 0.2) is 0 Å². The maximum absolute atomic E-state index is 14.2. The second-order valence-electron chi connectivity index (χ2n) is 6.74. The molecule has 2 aromatic heterocycles. The number of benzene rings is 2. The van der Waals surface area contributed by atoms with Crippen molar-refractivity contribution in [2.45, 2.75) is 54.9 Å². The van der Waals surface area contributed by atoms with Crippen LogP contribution in [0.1, 0.15) is 65.2 Å². The largest absolute Gasteiger partial charge is 0.481 e. The van der Waals surface area contributed by atoms with Crippen molar-refractivity contribution in [3.63, 3.8) is 0 Å². The second-order valence-corrected chi connectivity index (χ2v) is 6.74. The molecule has 0 saturated carbocycles. The average Bonchev–Trinajstić information content (AvgIpc) is 3.30. The number of rotatable bonds is 5. The zero-order valence-corrected chi connectivity index (χ0v) is 14.9. The first kappa shape index (κ1) is 18.9. The Morgan fingerprint density at radius 1 is 1.23 bits per heavy atom. The molecule has 2 N–H and O–H groups in total. The van der Waals surface area contributed by atoms with Gasteiger partial charge in [-0.2, -0.15) is 5.10 Å². The molecule has 0 aliphatic heterocycles. The molecule has 0 radical (unpaired) electrons. The van der Waals surface area contributed by atoms with E-state index in [2.05, 4.69) is 10.2 Å². The highest BCUT2D eigenvalue weighted by Crippen LogP contribution is 2.36. The summed E-state index contributed by atoms with van der Waals surface area (Å²) in [7, 11) is 0. The highest BCUT2D eigenvalue weighted by atomic mass is 19.1. The van der Waals surface area contributed by atoms with E-state index in [4.69, 9.17) is 5.48 Å². The lowest BCUT2D eigenvalue weighted by atomic mass is 9.99. The molecule has 4 aromatic rings. The van der Waals surface area contributed by atoms with Gasteiger partial charge in [-0.15, -0.1) is 0 Å². The number of hydrogen-bond acceptors (Lipinski definition) is 2. The molecule has 0 fully saturated rings. The third-order valence-corrected chi connectivity index (χ3v) is 4.61. The average molecular weight is 418 g/mol. The van der Waals surface area contributed by atoms with E-state index in [0.717, 1.165) is 21.9 Å². The minimum atomic E-state index is -1.20. The van der Waals surface area contributed by atoms with E-state index in [1.807, 2.05) is 19.9 Å². The van der Waals surface area contributed by atoms with E-state index in [9.17, 15) is 14.3 Å². The van der Waals surface area contributed by atoms with Crippen molar-refractivity contribution < 1.29 is 19.8 Å². The summed E-state index contributed by atoms with van der Waals surface area (Å²) in [4.78, 5) is 11.3. The van der Waals surface area contributed by atoms with Crippen molar-refractivity contribution in [3.8, 4) is 5.69 Å². The van der Waals surface area contributed by atoms with Crippen LogP contribution in [0.25, 0.3) is 27.5 Å². The number of aliphatic carboxylic acids is 1. The lowest BCUT2D eigenvalue weighted by Gasteiger charge is -2.15. The molecule has 0 bridgehead atoms. The minimum absolute atomic E-state index is 0. The van der Waals surface area contributed by atoms with E-state index in [-0.39, 0.29) is 46.7 Å². The van der Waals surface area contributed by atoms with Crippen LogP contribution in [0, 0.1) is 5.82 Å². The van der Waals surface area contributed by atoms with Crippen molar-refractivity contribution in [2.24, 2.45) is 0 Å². The van der Waals surface area contributed by atoms with Gasteiger partial charge in [0, 0.05) is 28.6 Å². The summed E-state index contributed by atoms with van der Waals surface area (Å²) in [5, 5.41) is 17.7. The number of halogens is 1. The Morgan fingerprint density at radius 3 is 2.50 bits per heavy atom. The van der Waals surface area contributed by atoms with Crippen LogP contribution < -0.4 is 0 Å². The quantitative estimate of drug-likeness (QED) is 0.380. The first-order valence-corrected chi connectivity index (χ1v) is 8.61. The van der Waals surface area contributed by atoms with E-state index in [1.165, 1.54) is 0 Å². The number of aromatic amines is 1. The van der Waals surface area contributed by atoms with Gasteiger partial charge < -0.3 is 9.67 Å². The molecule has 0 unspecified atom stereocenters. The Bertz CT molecular complexity index is 1330. The number of nitrogens with one attached hydrogen (secondary N) is 1. The Balaban J connectivity index is 0.00000193. The molecule has 2 aromatic carbocycles. The second kappa shape index (κ2) is 9.57. The van der Waals surface area contributed by atoms with Crippen LogP contribution in [0.5, 0.6) is 0 Å². The number of nitrogens with zero attached hydrogens (tertiary/aromatic N) is 2. The highest BCUT2D eigenvalue weighted by Gasteiger charge is 2.22. The van der Waals surface area contributed by atoms with E-state index in [0.29, 0.717) is 11.2 Å². The molecule has 4 rings (SSSR count). The predicted molar refractivity (Wildman–Crippen MR) is 123 cm³/mol. The smallest absolute Gasteiger partial charge is 0.303 e. The lowest BCUT2D eigenvalue weighted by Crippen LogP contribution is -2.06. The third-order valence-electron chi connectivity index (χ3n) is 4.61. The number of H-pyrrole nitrogens is 1. The van der Waals surface area contributed by atoms with Gasteiger partial charge in [0.05, 0.1) is 22.7 Å². The fourth-order valence-electron chi connectivity index (χ4n) is 3.55. The molecule has 0 saturated heterocycles.